The second kappa shape index (κ2) is 7.07. The lowest BCUT2D eigenvalue weighted by Crippen LogP contribution is -2.37. The quantitative estimate of drug-likeness (QED) is 0.820. The molecular formula is C14H22BrN3O2S. The van der Waals surface area contributed by atoms with Crippen LogP contribution in [0, 0.1) is 0 Å². The largest absolute Gasteiger partial charge is 0.372 e. The first-order valence-electron chi connectivity index (χ1n) is 7.28. The van der Waals surface area contributed by atoms with E-state index in [1.165, 1.54) is 17.1 Å². The lowest BCUT2D eigenvalue weighted by atomic mass is 10.1. The summed E-state index contributed by atoms with van der Waals surface area (Å²) in [5.74, 6) is 0.388. The molecule has 1 aromatic heterocycles. The van der Waals surface area contributed by atoms with E-state index in [-0.39, 0.29) is 10.9 Å². The van der Waals surface area contributed by atoms with Crippen LogP contribution in [-0.4, -0.2) is 37.8 Å². The first kappa shape index (κ1) is 16.7. The van der Waals surface area contributed by atoms with Gasteiger partial charge in [0.05, 0.1) is 0 Å². The van der Waals surface area contributed by atoms with Gasteiger partial charge >= 0.3 is 0 Å². The number of hydrogen-bond acceptors (Lipinski definition) is 4. The van der Waals surface area contributed by atoms with Crippen molar-refractivity contribution in [1.82, 2.24) is 9.29 Å². The summed E-state index contributed by atoms with van der Waals surface area (Å²) >= 11 is 3.30. The minimum Gasteiger partial charge on any atom is -0.372 e. The molecule has 0 unspecified atom stereocenters. The van der Waals surface area contributed by atoms with Gasteiger partial charge in [0.1, 0.15) is 10.7 Å². The van der Waals surface area contributed by atoms with E-state index in [1.54, 1.807) is 26.4 Å². The number of sulfonamides is 1. The molecule has 1 saturated carbocycles. The molecule has 5 nitrogen and oxygen atoms in total. The lowest BCUT2D eigenvalue weighted by Gasteiger charge is -2.27. The molecule has 1 N–H and O–H groups in total. The van der Waals surface area contributed by atoms with Crippen molar-refractivity contribution in [3.05, 3.63) is 16.7 Å². The SMILES string of the molecule is CNc1ncc(Br)cc1S(=O)(=O)N(C)C1CCCCCC1. The summed E-state index contributed by atoms with van der Waals surface area (Å²) < 4.78 is 28.0. The van der Waals surface area contributed by atoms with E-state index in [9.17, 15) is 8.42 Å². The molecule has 1 heterocycles. The van der Waals surface area contributed by atoms with E-state index in [1.807, 2.05) is 0 Å². The summed E-state index contributed by atoms with van der Waals surface area (Å²) in [4.78, 5) is 4.37. The van der Waals surface area contributed by atoms with Gasteiger partial charge in [-0.25, -0.2) is 13.4 Å². The highest BCUT2D eigenvalue weighted by atomic mass is 79.9. The van der Waals surface area contributed by atoms with Crippen LogP contribution in [0.1, 0.15) is 38.5 Å². The summed E-state index contributed by atoms with van der Waals surface area (Å²) in [7, 11) is -0.174. The van der Waals surface area contributed by atoms with Crippen LogP contribution in [0.3, 0.4) is 0 Å². The van der Waals surface area contributed by atoms with Gasteiger partial charge in [0, 0.05) is 30.8 Å². The number of halogens is 1. The van der Waals surface area contributed by atoms with Gasteiger partial charge < -0.3 is 5.32 Å². The lowest BCUT2D eigenvalue weighted by molar-refractivity contribution is 0.336. The molecule has 0 radical (unpaired) electrons. The van der Waals surface area contributed by atoms with Crippen molar-refractivity contribution in [2.75, 3.05) is 19.4 Å². The number of nitrogens with zero attached hydrogens (tertiary/aromatic N) is 2. The van der Waals surface area contributed by atoms with Crippen LogP contribution in [0.2, 0.25) is 0 Å². The first-order chi connectivity index (χ1) is 9.96. The maximum Gasteiger partial charge on any atom is 0.246 e. The summed E-state index contributed by atoms with van der Waals surface area (Å²) in [6, 6.07) is 1.70. The van der Waals surface area contributed by atoms with Gasteiger partial charge in [0.2, 0.25) is 10.0 Å². The molecule has 118 valence electrons. The Morgan fingerprint density at radius 3 is 2.48 bits per heavy atom. The fourth-order valence-corrected chi connectivity index (χ4v) is 4.85. The molecular weight excluding hydrogens is 354 g/mol. The van der Waals surface area contributed by atoms with Crippen molar-refractivity contribution >= 4 is 31.8 Å². The molecule has 0 atom stereocenters. The number of hydrogen-bond donors (Lipinski definition) is 1. The van der Waals surface area contributed by atoms with Crippen LogP contribution >= 0.6 is 15.9 Å². The van der Waals surface area contributed by atoms with E-state index in [0.29, 0.717) is 10.3 Å². The van der Waals surface area contributed by atoms with Gasteiger partial charge in [0.25, 0.3) is 0 Å². The summed E-state index contributed by atoms with van der Waals surface area (Å²) in [6.45, 7) is 0. The summed E-state index contributed by atoms with van der Waals surface area (Å²) in [5.41, 5.74) is 0. The molecule has 0 amide bonds. The monoisotopic (exact) mass is 375 g/mol. The first-order valence-corrected chi connectivity index (χ1v) is 9.51. The topological polar surface area (TPSA) is 62.3 Å². The predicted octanol–water partition coefficient (Wildman–Crippen LogP) is 3.23. The second-order valence-electron chi connectivity index (χ2n) is 5.42. The third-order valence-corrected chi connectivity index (χ3v) is 6.41. The van der Waals surface area contributed by atoms with Crippen molar-refractivity contribution in [3.63, 3.8) is 0 Å². The zero-order valence-corrected chi connectivity index (χ0v) is 14.9. The molecule has 7 heteroatoms. The molecule has 0 spiro atoms. The Balaban J connectivity index is 2.34. The molecule has 1 aliphatic carbocycles. The van der Waals surface area contributed by atoms with Crippen LogP contribution in [-0.2, 0) is 10.0 Å². The smallest absolute Gasteiger partial charge is 0.246 e. The maximum absolute atomic E-state index is 12.9. The molecule has 21 heavy (non-hydrogen) atoms. The molecule has 0 saturated heterocycles. The number of pyridine rings is 1. The van der Waals surface area contributed by atoms with Crippen LogP contribution in [0.5, 0.6) is 0 Å². The number of nitrogens with one attached hydrogen (secondary N) is 1. The fraction of sp³-hybridized carbons (Fsp3) is 0.643. The average Bonchev–Trinajstić information content (AvgIpc) is 2.75. The average molecular weight is 376 g/mol. The molecule has 1 aliphatic rings. The van der Waals surface area contributed by atoms with Gasteiger partial charge in [-0.2, -0.15) is 4.31 Å². The normalized spacial score (nSPS) is 17.7. The molecule has 0 aliphatic heterocycles. The van der Waals surface area contributed by atoms with Gasteiger partial charge in [0.15, 0.2) is 0 Å². The fourth-order valence-electron chi connectivity index (χ4n) is 2.78. The van der Waals surface area contributed by atoms with Crippen molar-refractivity contribution < 1.29 is 8.42 Å². The van der Waals surface area contributed by atoms with Gasteiger partial charge in [-0.15, -0.1) is 0 Å². The van der Waals surface area contributed by atoms with Gasteiger partial charge in [-0.3, -0.25) is 0 Å². The molecule has 1 aromatic rings. The zero-order chi connectivity index (χ0) is 15.5. The van der Waals surface area contributed by atoms with E-state index in [4.69, 9.17) is 0 Å². The van der Waals surface area contributed by atoms with Crippen molar-refractivity contribution in [2.45, 2.75) is 49.5 Å². The van der Waals surface area contributed by atoms with Crippen LogP contribution < -0.4 is 5.32 Å². The molecule has 2 rings (SSSR count). The van der Waals surface area contributed by atoms with Gasteiger partial charge in [-0.05, 0) is 34.8 Å². The molecule has 0 bridgehead atoms. The highest BCUT2D eigenvalue weighted by Gasteiger charge is 2.30. The summed E-state index contributed by atoms with van der Waals surface area (Å²) in [6.07, 6.45) is 8.06. The van der Waals surface area contributed by atoms with E-state index in [0.717, 1.165) is 25.7 Å². The number of anilines is 1. The Bertz CT molecular complexity index is 584. The Labute approximate surface area is 135 Å². The predicted molar refractivity (Wildman–Crippen MR) is 87.9 cm³/mol. The Hall–Kier alpha value is -0.660. The Morgan fingerprint density at radius 1 is 1.29 bits per heavy atom. The van der Waals surface area contributed by atoms with Crippen molar-refractivity contribution in [3.8, 4) is 0 Å². The Morgan fingerprint density at radius 2 is 1.90 bits per heavy atom. The van der Waals surface area contributed by atoms with E-state index < -0.39 is 10.0 Å². The maximum atomic E-state index is 12.9. The number of rotatable bonds is 4. The highest BCUT2D eigenvalue weighted by molar-refractivity contribution is 9.10. The van der Waals surface area contributed by atoms with Crippen molar-refractivity contribution in [1.29, 1.82) is 0 Å². The van der Waals surface area contributed by atoms with Crippen LogP contribution in [0.25, 0.3) is 0 Å². The van der Waals surface area contributed by atoms with Crippen molar-refractivity contribution in [2.24, 2.45) is 0 Å². The third kappa shape index (κ3) is 3.76. The third-order valence-electron chi connectivity index (χ3n) is 4.05. The number of aromatic nitrogens is 1. The minimum absolute atomic E-state index is 0.0844. The van der Waals surface area contributed by atoms with Crippen LogP contribution in [0.15, 0.2) is 21.6 Å². The molecule has 1 fully saturated rings. The minimum atomic E-state index is -3.54. The molecule has 0 aromatic carbocycles. The van der Waals surface area contributed by atoms with E-state index >= 15 is 0 Å². The standard InChI is InChI=1S/C14H22BrN3O2S/c1-16-14-13(9-11(15)10-17-14)21(19,20)18(2)12-7-5-3-4-6-8-12/h9-10,12H,3-8H2,1-2H3,(H,16,17). The van der Waals surface area contributed by atoms with E-state index in [2.05, 4.69) is 26.2 Å². The zero-order valence-electron chi connectivity index (χ0n) is 12.5. The van der Waals surface area contributed by atoms with Crippen LogP contribution in [0.4, 0.5) is 5.82 Å². The highest BCUT2D eigenvalue weighted by Crippen LogP contribution is 2.29. The summed E-state index contributed by atoms with van der Waals surface area (Å²) in [5, 5.41) is 2.86. The van der Waals surface area contributed by atoms with Gasteiger partial charge in [-0.1, -0.05) is 25.7 Å². The Kier molecular flexibility index (Phi) is 5.62. The second-order valence-corrected chi connectivity index (χ2v) is 8.30.